The number of fused-ring (bicyclic) bond motifs is 3. The van der Waals surface area contributed by atoms with Crippen LogP contribution in [0.25, 0.3) is 21.9 Å². The summed E-state index contributed by atoms with van der Waals surface area (Å²) in [4.78, 5) is 0. The van der Waals surface area contributed by atoms with Crippen molar-refractivity contribution in [1.82, 2.24) is 5.32 Å². The molecule has 3 aromatic rings. The molecule has 3 N–H and O–H groups in total. The lowest BCUT2D eigenvalue weighted by Crippen LogP contribution is -2.62. The molecule has 1 aliphatic heterocycles. The van der Waals surface area contributed by atoms with Gasteiger partial charge in [-0.1, -0.05) is 36.4 Å². The van der Waals surface area contributed by atoms with Gasteiger partial charge in [0.1, 0.15) is 11.2 Å². The maximum Gasteiger partial charge on any atom is 0.140 e. The molecule has 98 valence electrons. The van der Waals surface area contributed by atoms with Gasteiger partial charge in [-0.25, -0.2) is 0 Å². The Balaban J connectivity index is 0.00000110. The number of para-hydroxylation sites is 2. The molecule has 3 nitrogen and oxygen atoms in total. The zero-order chi connectivity index (χ0) is 12.2. The van der Waals surface area contributed by atoms with Crippen LogP contribution < -0.4 is 11.1 Å². The molecule has 2 heterocycles. The van der Waals surface area contributed by atoms with E-state index >= 15 is 0 Å². The third-order valence-electron chi connectivity index (χ3n) is 3.82. The molecule has 2 aromatic carbocycles. The van der Waals surface area contributed by atoms with Gasteiger partial charge in [-0.2, -0.15) is 0 Å². The van der Waals surface area contributed by atoms with Crippen molar-refractivity contribution in [1.29, 1.82) is 0 Å². The standard InChI is InChI=1S/C15H14N2O.ClH/c16-15(8-17-9-15)12-6-3-5-11-10-4-1-2-7-13(10)18-14(11)12;/h1-7,17H,8-9,16H2;1H. The molecule has 4 heteroatoms. The van der Waals surface area contributed by atoms with E-state index in [0.717, 1.165) is 40.6 Å². The Morgan fingerprint density at radius 2 is 1.74 bits per heavy atom. The van der Waals surface area contributed by atoms with Crippen LogP contribution in [0.5, 0.6) is 0 Å². The summed E-state index contributed by atoms with van der Waals surface area (Å²) in [5.74, 6) is 0. The Morgan fingerprint density at radius 1 is 1.00 bits per heavy atom. The molecule has 19 heavy (non-hydrogen) atoms. The summed E-state index contributed by atoms with van der Waals surface area (Å²) in [5, 5.41) is 5.54. The molecule has 1 saturated heterocycles. The fourth-order valence-corrected chi connectivity index (χ4v) is 2.72. The molecule has 0 aliphatic carbocycles. The normalized spacial score (nSPS) is 17.1. The summed E-state index contributed by atoms with van der Waals surface area (Å²) >= 11 is 0. The molecule has 1 aromatic heterocycles. The second-order valence-corrected chi connectivity index (χ2v) is 5.04. The average Bonchev–Trinajstić information content (AvgIpc) is 2.74. The molecule has 1 aliphatic rings. The minimum atomic E-state index is -0.284. The van der Waals surface area contributed by atoms with Gasteiger partial charge in [0, 0.05) is 29.4 Å². The van der Waals surface area contributed by atoms with Gasteiger partial charge in [0.25, 0.3) is 0 Å². The number of rotatable bonds is 1. The number of hydrogen-bond acceptors (Lipinski definition) is 3. The number of nitrogens with one attached hydrogen (secondary N) is 1. The van der Waals surface area contributed by atoms with Crippen molar-refractivity contribution >= 4 is 34.3 Å². The first-order valence-electron chi connectivity index (χ1n) is 6.18. The SMILES string of the molecule is Cl.NC1(c2cccc3c2oc2ccccc23)CNC1. The van der Waals surface area contributed by atoms with Crippen molar-refractivity contribution in [3.63, 3.8) is 0 Å². The summed E-state index contributed by atoms with van der Waals surface area (Å²) in [6.45, 7) is 1.62. The van der Waals surface area contributed by atoms with Crippen molar-refractivity contribution in [2.75, 3.05) is 13.1 Å². The van der Waals surface area contributed by atoms with Crippen molar-refractivity contribution in [3.8, 4) is 0 Å². The lowest BCUT2D eigenvalue weighted by Gasteiger charge is -2.39. The second kappa shape index (κ2) is 4.23. The van der Waals surface area contributed by atoms with E-state index in [1.165, 1.54) is 0 Å². The quantitative estimate of drug-likeness (QED) is 0.717. The largest absolute Gasteiger partial charge is 0.456 e. The maximum atomic E-state index is 6.39. The monoisotopic (exact) mass is 274 g/mol. The van der Waals surface area contributed by atoms with Gasteiger partial charge in [0.2, 0.25) is 0 Å². The van der Waals surface area contributed by atoms with Crippen LogP contribution in [0.3, 0.4) is 0 Å². The Hall–Kier alpha value is -1.55. The van der Waals surface area contributed by atoms with Crippen LogP contribution in [-0.4, -0.2) is 13.1 Å². The van der Waals surface area contributed by atoms with Gasteiger partial charge in [0.15, 0.2) is 0 Å². The zero-order valence-electron chi connectivity index (χ0n) is 10.3. The maximum absolute atomic E-state index is 6.39. The van der Waals surface area contributed by atoms with Crippen LogP contribution in [0.1, 0.15) is 5.56 Å². The highest BCUT2D eigenvalue weighted by atomic mass is 35.5. The van der Waals surface area contributed by atoms with Crippen molar-refractivity contribution in [2.45, 2.75) is 5.54 Å². The topological polar surface area (TPSA) is 51.2 Å². The molecule has 0 saturated carbocycles. The van der Waals surface area contributed by atoms with Crippen molar-refractivity contribution in [3.05, 3.63) is 48.0 Å². The molecule has 0 amide bonds. The molecule has 0 unspecified atom stereocenters. The first-order valence-corrected chi connectivity index (χ1v) is 6.18. The third kappa shape index (κ3) is 1.66. The van der Waals surface area contributed by atoms with Crippen LogP contribution in [-0.2, 0) is 5.54 Å². The van der Waals surface area contributed by atoms with E-state index in [2.05, 4.69) is 29.6 Å². The van der Waals surface area contributed by atoms with E-state index in [-0.39, 0.29) is 17.9 Å². The highest BCUT2D eigenvalue weighted by Gasteiger charge is 2.36. The van der Waals surface area contributed by atoms with Crippen LogP contribution in [0, 0.1) is 0 Å². The molecule has 0 radical (unpaired) electrons. The van der Waals surface area contributed by atoms with Gasteiger partial charge in [0.05, 0.1) is 5.54 Å². The number of hydrogen-bond donors (Lipinski definition) is 2. The molecule has 0 atom stereocenters. The summed E-state index contributed by atoms with van der Waals surface area (Å²) < 4.78 is 6.00. The van der Waals surface area contributed by atoms with Gasteiger partial charge < -0.3 is 15.5 Å². The first-order chi connectivity index (χ1) is 8.78. The summed E-state index contributed by atoms with van der Waals surface area (Å²) in [5.41, 5.74) is 9.07. The Labute approximate surface area is 117 Å². The zero-order valence-corrected chi connectivity index (χ0v) is 11.2. The van der Waals surface area contributed by atoms with Gasteiger partial charge in [-0.05, 0) is 6.07 Å². The first kappa shape index (κ1) is 12.5. The van der Waals surface area contributed by atoms with Crippen LogP contribution in [0.15, 0.2) is 46.9 Å². The lowest BCUT2D eigenvalue weighted by molar-refractivity contribution is 0.287. The molecule has 1 fully saturated rings. The Bertz CT molecular complexity index is 746. The molecular weight excluding hydrogens is 260 g/mol. The number of benzene rings is 2. The van der Waals surface area contributed by atoms with Gasteiger partial charge in [-0.3, -0.25) is 0 Å². The molecular formula is C15H15ClN2O. The van der Waals surface area contributed by atoms with E-state index in [1.54, 1.807) is 0 Å². The second-order valence-electron chi connectivity index (χ2n) is 5.04. The summed E-state index contributed by atoms with van der Waals surface area (Å²) in [6, 6.07) is 14.4. The van der Waals surface area contributed by atoms with E-state index < -0.39 is 0 Å². The lowest BCUT2D eigenvalue weighted by atomic mass is 9.84. The average molecular weight is 275 g/mol. The van der Waals surface area contributed by atoms with Crippen LogP contribution >= 0.6 is 12.4 Å². The van der Waals surface area contributed by atoms with Crippen LogP contribution in [0.4, 0.5) is 0 Å². The highest BCUT2D eigenvalue weighted by molar-refractivity contribution is 6.06. The third-order valence-corrected chi connectivity index (χ3v) is 3.82. The Kier molecular flexibility index (Phi) is 2.78. The predicted molar refractivity (Wildman–Crippen MR) is 79.7 cm³/mol. The summed E-state index contributed by atoms with van der Waals surface area (Å²) in [6.07, 6.45) is 0. The van der Waals surface area contributed by atoms with E-state index in [0.29, 0.717) is 0 Å². The number of furan rings is 1. The molecule has 0 bridgehead atoms. The van der Waals surface area contributed by atoms with Gasteiger partial charge >= 0.3 is 0 Å². The fraction of sp³-hybridized carbons (Fsp3) is 0.200. The predicted octanol–water partition coefficient (Wildman–Crippen LogP) is 2.77. The number of halogens is 1. The smallest absolute Gasteiger partial charge is 0.140 e. The molecule has 4 rings (SSSR count). The van der Waals surface area contributed by atoms with Crippen LogP contribution in [0.2, 0.25) is 0 Å². The minimum absolute atomic E-state index is 0. The van der Waals surface area contributed by atoms with E-state index in [1.807, 2.05) is 18.2 Å². The van der Waals surface area contributed by atoms with Gasteiger partial charge in [-0.15, -0.1) is 12.4 Å². The van der Waals surface area contributed by atoms with E-state index in [4.69, 9.17) is 10.2 Å². The highest BCUT2D eigenvalue weighted by Crippen LogP contribution is 2.35. The van der Waals surface area contributed by atoms with Crippen molar-refractivity contribution in [2.24, 2.45) is 5.73 Å². The molecule has 0 spiro atoms. The summed E-state index contributed by atoms with van der Waals surface area (Å²) in [7, 11) is 0. The van der Waals surface area contributed by atoms with E-state index in [9.17, 15) is 0 Å². The minimum Gasteiger partial charge on any atom is -0.456 e. The van der Waals surface area contributed by atoms with Crippen molar-refractivity contribution < 1.29 is 4.42 Å². The number of nitrogens with two attached hydrogens (primary N) is 1. The fourth-order valence-electron chi connectivity index (χ4n) is 2.72. The Morgan fingerprint density at radius 3 is 2.47 bits per heavy atom.